The number of hydrogen-bond donors (Lipinski definition) is 3. The van der Waals surface area contributed by atoms with Crippen molar-refractivity contribution in [3.05, 3.63) is 59.2 Å². The molecule has 0 radical (unpaired) electrons. The number of carbonyl (C=O) groups is 1. The number of anilines is 1. The Kier molecular flexibility index (Phi) is 5.98. The van der Waals surface area contributed by atoms with Gasteiger partial charge in [0.1, 0.15) is 6.10 Å². The first-order chi connectivity index (χ1) is 12.5. The summed E-state index contributed by atoms with van der Waals surface area (Å²) >= 11 is 1.47. The molecule has 26 heavy (non-hydrogen) atoms. The molecular weight excluding hydrogens is 348 g/mol. The monoisotopic (exact) mass is 372 g/mol. The molecule has 0 spiro atoms. The van der Waals surface area contributed by atoms with Gasteiger partial charge in [-0.3, -0.25) is 4.79 Å². The second-order valence-electron chi connectivity index (χ2n) is 6.45. The first kappa shape index (κ1) is 18.9. The predicted octanol–water partition coefficient (Wildman–Crippen LogP) is 2.25. The van der Waals surface area contributed by atoms with Crippen molar-refractivity contribution < 1.29 is 15.0 Å². The molecule has 0 saturated heterocycles. The molecule has 2 atom stereocenters. The summed E-state index contributed by atoms with van der Waals surface area (Å²) in [6.45, 7) is 3.04. The second-order valence-corrected chi connectivity index (χ2v) is 7.63. The van der Waals surface area contributed by atoms with Crippen LogP contribution in [0.3, 0.4) is 0 Å². The number of fused-ring (bicyclic) bond motifs is 1. The number of likely N-dealkylation sites (N-methyl/N-ethyl adjacent to an activating group) is 1. The molecule has 3 N–H and O–H groups in total. The highest BCUT2D eigenvalue weighted by Gasteiger charge is 2.37. The van der Waals surface area contributed by atoms with E-state index in [1.165, 1.54) is 11.8 Å². The molecule has 0 fully saturated rings. The lowest BCUT2D eigenvalue weighted by Crippen LogP contribution is -2.43. The number of nitrogens with one attached hydrogen (secondary N) is 1. The summed E-state index contributed by atoms with van der Waals surface area (Å²) in [6, 6.07) is 13.5. The number of hydrogen-bond acceptors (Lipinski definition) is 5. The molecule has 5 nitrogen and oxygen atoms in total. The maximum Gasteiger partial charge on any atom is 0.257 e. The van der Waals surface area contributed by atoms with Crippen LogP contribution in [-0.2, 0) is 11.4 Å². The Morgan fingerprint density at radius 2 is 1.92 bits per heavy atom. The molecule has 0 unspecified atom stereocenters. The minimum atomic E-state index is -1.13. The zero-order chi connectivity index (χ0) is 18.7. The number of aliphatic hydroxyl groups excluding tert-OH is 2. The van der Waals surface area contributed by atoms with E-state index in [0.29, 0.717) is 13.1 Å². The molecule has 138 valence electrons. The van der Waals surface area contributed by atoms with Gasteiger partial charge in [-0.15, -0.1) is 11.8 Å². The first-order valence-corrected chi connectivity index (χ1v) is 9.54. The molecule has 1 aliphatic rings. The number of aryl methyl sites for hydroxylation is 1. The number of nitrogens with zero attached hydrogens (tertiary/aromatic N) is 1. The Labute approximate surface area is 158 Å². The molecular formula is C20H24N2O3S. The van der Waals surface area contributed by atoms with E-state index < -0.39 is 11.4 Å². The highest BCUT2D eigenvalue weighted by Crippen LogP contribution is 2.46. The van der Waals surface area contributed by atoms with Crippen molar-refractivity contribution in [2.45, 2.75) is 29.8 Å². The Bertz CT molecular complexity index is 779. The topological polar surface area (TPSA) is 72.8 Å². The van der Waals surface area contributed by atoms with E-state index in [1.54, 1.807) is 4.90 Å². The van der Waals surface area contributed by atoms with Crippen LogP contribution in [0.25, 0.3) is 0 Å². The molecule has 0 saturated carbocycles. The molecule has 1 amide bonds. The molecule has 3 rings (SSSR count). The third-order valence-corrected chi connectivity index (χ3v) is 5.91. The minimum Gasteiger partial charge on any atom is -0.392 e. The second kappa shape index (κ2) is 8.22. The maximum atomic E-state index is 13.0. The zero-order valence-corrected chi connectivity index (χ0v) is 15.8. The molecule has 0 aliphatic carbocycles. The fourth-order valence-electron chi connectivity index (χ4n) is 3.04. The summed E-state index contributed by atoms with van der Waals surface area (Å²) in [5, 5.41) is 23.0. The first-order valence-electron chi connectivity index (χ1n) is 8.66. The molecule has 0 bridgehead atoms. The van der Waals surface area contributed by atoms with Gasteiger partial charge in [0.15, 0.2) is 0 Å². The third-order valence-electron chi connectivity index (χ3n) is 4.55. The van der Waals surface area contributed by atoms with Gasteiger partial charge in [-0.2, -0.15) is 0 Å². The summed E-state index contributed by atoms with van der Waals surface area (Å²) in [5.41, 5.74) is 3.61. The van der Waals surface area contributed by atoms with E-state index in [0.717, 1.165) is 27.3 Å². The van der Waals surface area contributed by atoms with E-state index in [9.17, 15) is 15.0 Å². The van der Waals surface area contributed by atoms with Crippen molar-refractivity contribution in [3.63, 3.8) is 0 Å². The number of aliphatic hydroxyl groups is 2. The molecule has 2 aromatic rings. The van der Waals surface area contributed by atoms with Gasteiger partial charge >= 0.3 is 0 Å². The summed E-state index contributed by atoms with van der Waals surface area (Å²) in [6.07, 6.45) is -1.13. The third kappa shape index (κ3) is 3.78. The SMILES string of the molecule is CNCCN1C(=O)[C@H](O)[C@H](c2ccc(C)cc2)Sc2cc(CO)ccc21. The Balaban J connectivity index is 2.05. The van der Waals surface area contributed by atoms with Crippen LogP contribution >= 0.6 is 11.8 Å². The van der Waals surface area contributed by atoms with E-state index >= 15 is 0 Å². The van der Waals surface area contributed by atoms with Crippen molar-refractivity contribution in [2.24, 2.45) is 0 Å². The molecule has 0 aromatic heterocycles. The van der Waals surface area contributed by atoms with Crippen molar-refractivity contribution in [2.75, 3.05) is 25.0 Å². The summed E-state index contributed by atoms with van der Waals surface area (Å²) in [4.78, 5) is 15.5. The molecule has 6 heteroatoms. The Morgan fingerprint density at radius 3 is 2.58 bits per heavy atom. The molecule has 1 aliphatic heterocycles. The van der Waals surface area contributed by atoms with Crippen molar-refractivity contribution in [1.82, 2.24) is 5.32 Å². The van der Waals surface area contributed by atoms with E-state index in [1.807, 2.05) is 56.4 Å². The highest BCUT2D eigenvalue weighted by atomic mass is 32.2. The van der Waals surface area contributed by atoms with Crippen molar-refractivity contribution in [1.29, 1.82) is 0 Å². The van der Waals surface area contributed by atoms with Gasteiger partial charge in [0.05, 0.1) is 17.5 Å². The molecule has 1 heterocycles. The lowest BCUT2D eigenvalue weighted by molar-refractivity contribution is -0.126. The Morgan fingerprint density at radius 1 is 1.19 bits per heavy atom. The lowest BCUT2D eigenvalue weighted by Gasteiger charge is -2.25. The van der Waals surface area contributed by atoms with Gasteiger partial charge < -0.3 is 20.4 Å². The van der Waals surface area contributed by atoms with Crippen LogP contribution in [0.2, 0.25) is 0 Å². The maximum absolute atomic E-state index is 13.0. The van der Waals surface area contributed by atoms with Gasteiger partial charge in [-0.05, 0) is 37.2 Å². The number of amides is 1. The number of thioether (sulfide) groups is 1. The van der Waals surface area contributed by atoms with Gasteiger partial charge in [0.2, 0.25) is 0 Å². The fraction of sp³-hybridized carbons (Fsp3) is 0.350. The molecule has 2 aromatic carbocycles. The number of benzene rings is 2. The highest BCUT2D eigenvalue weighted by molar-refractivity contribution is 7.99. The van der Waals surface area contributed by atoms with Crippen LogP contribution in [0.1, 0.15) is 21.9 Å². The Hall–Kier alpha value is -1.86. The predicted molar refractivity (Wildman–Crippen MR) is 104 cm³/mol. The fourth-order valence-corrected chi connectivity index (χ4v) is 4.37. The van der Waals surface area contributed by atoms with Crippen LogP contribution in [0, 0.1) is 6.92 Å². The quantitative estimate of drug-likeness (QED) is 0.751. The summed E-state index contributed by atoms with van der Waals surface area (Å²) < 4.78 is 0. The van der Waals surface area contributed by atoms with Crippen LogP contribution < -0.4 is 10.2 Å². The van der Waals surface area contributed by atoms with Gasteiger partial charge in [0.25, 0.3) is 5.91 Å². The smallest absolute Gasteiger partial charge is 0.257 e. The van der Waals surface area contributed by atoms with Gasteiger partial charge in [-0.25, -0.2) is 0 Å². The summed E-state index contributed by atoms with van der Waals surface area (Å²) in [7, 11) is 1.83. The largest absolute Gasteiger partial charge is 0.392 e. The van der Waals surface area contributed by atoms with E-state index in [2.05, 4.69) is 5.32 Å². The standard InChI is InChI=1S/C20H24N2O3S/c1-13-3-6-15(7-4-13)19-18(24)20(25)22(10-9-21-2)16-8-5-14(12-23)11-17(16)26-19/h3-8,11,18-19,21,23-24H,9-10,12H2,1-2H3/t18-,19+/m1/s1. The van der Waals surface area contributed by atoms with Gasteiger partial charge in [0, 0.05) is 18.0 Å². The number of carbonyl (C=O) groups excluding carboxylic acids is 1. The average molecular weight is 372 g/mol. The van der Waals surface area contributed by atoms with Gasteiger partial charge in [-0.1, -0.05) is 35.9 Å². The minimum absolute atomic E-state index is 0.0595. The van der Waals surface area contributed by atoms with Crippen LogP contribution in [0.5, 0.6) is 0 Å². The summed E-state index contributed by atoms with van der Waals surface area (Å²) in [5.74, 6) is -0.297. The zero-order valence-electron chi connectivity index (χ0n) is 15.0. The van der Waals surface area contributed by atoms with E-state index in [4.69, 9.17) is 0 Å². The lowest BCUT2D eigenvalue weighted by atomic mass is 10.0. The normalized spacial score (nSPS) is 20.0. The van der Waals surface area contributed by atoms with E-state index in [-0.39, 0.29) is 12.5 Å². The van der Waals surface area contributed by atoms with Crippen molar-refractivity contribution >= 4 is 23.4 Å². The number of rotatable bonds is 5. The average Bonchev–Trinajstić information content (AvgIpc) is 2.76. The van der Waals surface area contributed by atoms with Crippen LogP contribution in [0.4, 0.5) is 5.69 Å². The van der Waals surface area contributed by atoms with Crippen LogP contribution in [-0.4, -0.2) is 42.4 Å². The van der Waals surface area contributed by atoms with Crippen molar-refractivity contribution in [3.8, 4) is 0 Å². The van der Waals surface area contributed by atoms with Crippen LogP contribution in [0.15, 0.2) is 47.4 Å².